The minimum atomic E-state index is 0.642. The van der Waals surface area contributed by atoms with Crippen LogP contribution in [0, 0.1) is 0 Å². The molecule has 1 aliphatic heterocycles. The Kier molecular flexibility index (Phi) is 3.79. The lowest BCUT2D eigenvalue weighted by molar-refractivity contribution is 0.119. The molecule has 0 spiro atoms. The zero-order chi connectivity index (χ0) is 16.6. The zero-order valence-corrected chi connectivity index (χ0v) is 14.3. The van der Waals surface area contributed by atoms with E-state index in [0.717, 1.165) is 62.1 Å². The molecule has 1 aliphatic carbocycles. The zero-order valence-electron chi connectivity index (χ0n) is 14.3. The molecule has 0 atom stereocenters. The Morgan fingerprint density at radius 3 is 2.48 bits per heavy atom. The van der Waals surface area contributed by atoms with Gasteiger partial charge in [-0.2, -0.15) is 0 Å². The van der Waals surface area contributed by atoms with Crippen molar-refractivity contribution in [3.8, 4) is 0 Å². The number of rotatable bonds is 5. The van der Waals surface area contributed by atoms with Crippen LogP contribution in [0.5, 0.6) is 0 Å². The third kappa shape index (κ3) is 3.32. The quantitative estimate of drug-likeness (QED) is 0.716. The number of piperazine rings is 1. The van der Waals surface area contributed by atoms with Crippen LogP contribution < -0.4 is 0 Å². The molecule has 2 aliphatic rings. The summed E-state index contributed by atoms with van der Waals surface area (Å²) in [4.78, 5) is 9.65. The van der Waals surface area contributed by atoms with Gasteiger partial charge in [-0.15, -0.1) is 0 Å². The van der Waals surface area contributed by atoms with E-state index in [1.165, 1.54) is 12.8 Å². The minimum Gasteiger partial charge on any atom is -0.361 e. The number of imidazole rings is 1. The Labute approximate surface area is 147 Å². The molecule has 2 fully saturated rings. The van der Waals surface area contributed by atoms with Crippen molar-refractivity contribution in [3.05, 3.63) is 53.8 Å². The van der Waals surface area contributed by atoms with Gasteiger partial charge in [-0.25, -0.2) is 4.98 Å². The first-order valence-corrected chi connectivity index (χ1v) is 9.16. The van der Waals surface area contributed by atoms with E-state index < -0.39 is 0 Å². The predicted molar refractivity (Wildman–Crippen MR) is 94.2 cm³/mol. The van der Waals surface area contributed by atoms with Gasteiger partial charge in [-0.1, -0.05) is 11.2 Å². The number of hydrogen-bond donors (Lipinski definition) is 0. The summed E-state index contributed by atoms with van der Waals surface area (Å²) in [5, 5.41) is 4.24. The molecule has 6 heteroatoms. The summed E-state index contributed by atoms with van der Waals surface area (Å²) in [5.41, 5.74) is 3.24. The van der Waals surface area contributed by atoms with Crippen LogP contribution in [0.3, 0.4) is 0 Å². The molecule has 6 nitrogen and oxygen atoms in total. The standard InChI is InChI=1S/C19H23N5O/c1-2-6-24-14-17(20-19(24)3-1)13-23-9-7-22(8-10-23)12-16-11-18(25-21-16)15-4-5-15/h1-3,6,11,14-15H,4-5,7-10,12-13H2. The summed E-state index contributed by atoms with van der Waals surface area (Å²) in [5.74, 6) is 1.73. The van der Waals surface area contributed by atoms with Gasteiger partial charge in [0, 0.05) is 63.6 Å². The molecule has 3 aromatic rings. The van der Waals surface area contributed by atoms with Crippen molar-refractivity contribution in [1.29, 1.82) is 0 Å². The van der Waals surface area contributed by atoms with Gasteiger partial charge in [0.05, 0.1) is 11.4 Å². The highest BCUT2D eigenvalue weighted by atomic mass is 16.5. The van der Waals surface area contributed by atoms with Crippen molar-refractivity contribution in [1.82, 2.24) is 24.3 Å². The molecule has 1 saturated heterocycles. The van der Waals surface area contributed by atoms with Crippen LogP contribution in [0.2, 0.25) is 0 Å². The lowest BCUT2D eigenvalue weighted by Crippen LogP contribution is -2.45. The average Bonchev–Trinajstić information content (AvgIpc) is 3.24. The van der Waals surface area contributed by atoms with E-state index in [9.17, 15) is 0 Å². The van der Waals surface area contributed by atoms with E-state index in [0.29, 0.717) is 5.92 Å². The molecular weight excluding hydrogens is 314 g/mol. The summed E-state index contributed by atoms with van der Waals surface area (Å²) >= 11 is 0. The van der Waals surface area contributed by atoms with Crippen molar-refractivity contribution in [2.75, 3.05) is 26.2 Å². The molecule has 0 unspecified atom stereocenters. The molecular formula is C19H23N5O. The first kappa shape index (κ1) is 15.1. The molecule has 0 radical (unpaired) electrons. The van der Waals surface area contributed by atoms with Crippen LogP contribution in [0.15, 0.2) is 41.2 Å². The average molecular weight is 337 g/mol. The second-order valence-corrected chi connectivity index (χ2v) is 7.25. The summed E-state index contributed by atoms with van der Waals surface area (Å²) in [7, 11) is 0. The van der Waals surface area contributed by atoms with Gasteiger partial charge in [-0.3, -0.25) is 9.80 Å². The van der Waals surface area contributed by atoms with Crippen LogP contribution in [-0.2, 0) is 13.1 Å². The topological polar surface area (TPSA) is 49.8 Å². The highest BCUT2D eigenvalue weighted by molar-refractivity contribution is 5.39. The molecule has 4 heterocycles. The SMILES string of the molecule is c1ccn2cc(CN3CCN(Cc4cc(C5CC5)on4)CC3)nc2c1. The smallest absolute Gasteiger partial charge is 0.140 e. The van der Waals surface area contributed by atoms with E-state index in [1.807, 2.05) is 12.1 Å². The van der Waals surface area contributed by atoms with Crippen LogP contribution >= 0.6 is 0 Å². The Bertz CT molecular complexity index is 824. The summed E-state index contributed by atoms with van der Waals surface area (Å²) in [6.45, 7) is 6.10. The molecule has 0 amide bonds. The molecule has 1 saturated carbocycles. The first-order valence-electron chi connectivity index (χ1n) is 9.16. The Hall–Kier alpha value is -2.18. The van der Waals surface area contributed by atoms with Gasteiger partial charge in [0.2, 0.25) is 0 Å². The van der Waals surface area contributed by atoms with Crippen LogP contribution in [0.25, 0.3) is 5.65 Å². The van der Waals surface area contributed by atoms with Gasteiger partial charge in [0.1, 0.15) is 11.4 Å². The molecule has 130 valence electrons. The fourth-order valence-corrected chi connectivity index (χ4v) is 3.59. The molecule has 3 aromatic heterocycles. The normalized spacial score (nSPS) is 19.7. The Balaban J connectivity index is 1.15. The fourth-order valence-electron chi connectivity index (χ4n) is 3.59. The largest absolute Gasteiger partial charge is 0.361 e. The second kappa shape index (κ2) is 6.28. The highest BCUT2D eigenvalue weighted by Gasteiger charge is 2.28. The maximum absolute atomic E-state index is 5.46. The molecule has 0 aromatic carbocycles. The van der Waals surface area contributed by atoms with Gasteiger partial charge >= 0.3 is 0 Å². The molecule has 5 rings (SSSR count). The van der Waals surface area contributed by atoms with E-state index >= 15 is 0 Å². The highest BCUT2D eigenvalue weighted by Crippen LogP contribution is 2.40. The number of fused-ring (bicyclic) bond motifs is 1. The maximum Gasteiger partial charge on any atom is 0.140 e. The molecule has 0 N–H and O–H groups in total. The van der Waals surface area contributed by atoms with Crippen molar-refractivity contribution in [2.45, 2.75) is 31.8 Å². The number of aromatic nitrogens is 3. The van der Waals surface area contributed by atoms with E-state index in [1.54, 1.807) is 0 Å². The summed E-state index contributed by atoms with van der Waals surface area (Å²) in [6.07, 6.45) is 6.71. The minimum absolute atomic E-state index is 0.642. The molecule has 25 heavy (non-hydrogen) atoms. The van der Waals surface area contributed by atoms with E-state index in [2.05, 4.69) is 43.9 Å². The predicted octanol–water partition coefficient (Wildman–Crippen LogP) is 2.52. The van der Waals surface area contributed by atoms with Crippen molar-refractivity contribution >= 4 is 5.65 Å². The molecule has 0 bridgehead atoms. The second-order valence-electron chi connectivity index (χ2n) is 7.25. The van der Waals surface area contributed by atoms with Gasteiger partial charge in [-0.05, 0) is 25.0 Å². The summed E-state index contributed by atoms with van der Waals surface area (Å²) < 4.78 is 7.55. The van der Waals surface area contributed by atoms with Gasteiger partial charge in [0.15, 0.2) is 0 Å². The van der Waals surface area contributed by atoms with Gasteiger partial charge < -0.3 is 8.92 Å². The van der Waals surface area contributed by atoms with E-state index in [4.69, 9.17) is 9.51 Å². The van der Waals surface area contributed by atoms with Crippen LogP contribution in [0.1, 0.15) is 35.9 Å². The first-order chi connectivity index (χ1) is 12.3. The third-order valence-electron chi connectivity index (χ3n) is 5.21. The third-order valence-corrected chi connectivity index (χ3v) is 5.21. The number of nitrogens with zero attached hydrogens (tertiary/aromatic N) is 5. The maximum atomic E-state index is 5.46. The lowest BCUT2D eigenvalue weighted by Gasteiger charge is -2.33. The van der Waals surface area contributed by atoms with Crippen molar-refractivity contribution in [3.63, 3.8) is 0 Å². The number of pyridine rings is 1. The van der Waals surface area contributed by atoms with Crippen molar-refractivity contribution in [2.24, 2.45) is 0 Å². The fraction of sp³-hybridized carbons (Fsp3) is 0.474. The number of hydrogen-bond acceptors (Lipinski definition) is 5. The Morgan fingerprint density at radius 2 is 1.76 bits per heavy atom. The van der Waals surface area contributed by atoms with Crippen molar-refractivity contribution < 1.29 is 4.52 Å². The Morgan fingerprint density at radius 1 is 1.00 bits per heavy atom. The van der Waals surface area contributed by atoms with Crippen LogP contribution in [0.4, 0.5) is 0 Å². The lowest BCUT2D eigenvalue weighted by atomic mass is 10.2. The monoisotopic (exact) mass is 337 g/mol. The van der Waals surface area contributed by atoms with Gasteiger partial charge in [0.25, 0.3) is 0 Å². The van der Waals surface area contributed by atoms with Crippen LogP contribution in [-0.4, -0.2) is 50.5 Å². The van der Waals surface area contributed by atoms with E-state index in [-0.39, 0.29) is 0 Å². The summed E-state index contributed by atoms with van der Waals surface area (Å²) in [6, 6.07) is 8.27.